The van der Waals surface area contributed by atoms with Gasteiger partial charge in [0.05, 0.1) is 4.92 Å². The summed E-state index contributed by atoms with van der Waals surface area (Å²) in [5, 5.41) is 14.3. The van der Waals surface area contributed by atoms with E-state index in [1.54, 1.807) is 6.07 Å². The molecule has 0 amide bonds. The van der Waals surface area contributed by atoms with Crippen molar-refractivity contribution in [1.82, 2.24) is 0 Å². The molecule has 6 heteroatoms. The van der Waals surface area contributed by atoms with Crippen molar-refractivity contribution in [2.24, 2.45) is 5.73 Å². The number of hydrogen-bond donors (Lipinski definition) is 2. The number of hydrogen-bond acceptors (Lipinski definition) is 4. The molecule has 1 fully saturated rings. The van der Waals surface area contributed by atoms with Crippen molar-refractivity contribution < 1.29 is 4.92 Å². The highest BCUT2D eigenvalue weighted by Gasteiger charge is 2.23. The predicted octanol–water partition coefficient (Wildman–Crippen LogP) is 3.24. The molecule has 0 spiro atoms. The largest absolute Gasteiger partial charge is 0.380 e. The number of nitrogens with two attached hydrogens (primary N) is 1. The van der Waals surface area contributed by atoms with Crippen LogP contribution < -0.4 is 11.1 Å². The molecular formula is C13H18ClN3O2. The second-order valence-electron chi connectivity index (χ2n) is 5.07. The van der Waals surface area contributed by atoms with Gasteiger partial charge in [0.2, 0.25) is 0 Å². The van der Waals surface area contributed by atoms with Crippen LogP contribution >= 0.6 is 11.6 Å². The summed E-state index contributed by atoms with van der Waals surface area (Å²) in [6.07, 6.45) is 4.36. The molecule has 3 N–H and O–H groups in total. The summed E-state index contributed by atoms with van der Waals surface area (Å²) in [5.41, 5.74) is 7.68. The fourth-order valence-corrected chi connectivity index (χ4v) is 2.73. The number of nitro groups is 1. The number of benzene rings is 1. The lowest BCUT2D eigenvalue weighted by Crippen LogP contribution is -2.42. The van der Waals surface area contributed by atoms with Crippen LogP contribution in [0.4, 0.5) is 11.4 Å². The molecule has 1 saturated carbocycles. The summed E-state index contributed by atoms with van der Waals surface area (Å²) >= 11 is 5.94. The second kappa shape index (κ2) is 5.75. The molecule has 1 aliphatic rings. The third-order valence-corrected chi connectivity index (χ3v) is 3.95. The summed E-state index contributed by atoms with van der Waals surface area (Å²) < 4.78 is 0. The van der Waals surface area contributed by atoms with Crippen molar-refractivity contribution in [1.29, 1.82) is 0 Å². The van der Waals surface area contributed by atoms with Gasteiger partial charge in [0, 0.05) is 23.8 Å². The number of nitro benzene ring substituents is 1. The van der Waals surface area contributed by atoms with Gasteiger partial charge in [-0.3, -0.25) is 10.1 Å². The maximum Gasteiger partial charge on any atom is 0.288 e. The van der Waals surface area contributed by atoms with E-state index in [-0.39, 0.29) is 22.8 Å². The molecule has 0 aromatic heterocycles. The van der Waals surface area contributed by atoms with Crippen molar-refractivity contribution >= 4 is 23.0 Å². The maximum atomic E-state index is 10.8. The van der Waals surface area contributed by atoms with Gasteiger partial charge in [0.1, 0.15) is 5.02 Å². The zero-order valence-corrected chi connectivity index (χ0v) is 11.6. The van der Waals surface area contributed by atoms with Crippen LogP contribution in [0, 0.1) is 17.0 Å². The van der Waals surface area contributed by atoms with E-state index in [2.05, 4.69) is 5.32 Å². The Morgan fingerprint density at radius 2 is 2.11 bits per heavy atom. The normalized spacial score (nSPS) is 23.1. The monoisotopic (exact) mass is 283 g/mol. The Morgan fingerprint density at radius 1 is 1.42 bits per heavy atom. The molecule has 0 radical (unpaired) electrons. The number of rotatable bonds is 3. The fourth-order valence-electron chi connectivity index (χ4n) is 2.50. The lowest BCUT2D eigenvalue weighted by Gasteiger charge is -2.30. The zero-order valence-electron chi connectivity index (χ0n) is 10.9. The minimum atomic E-state index is -0.467. The smallest absolute Gasteiger partial charge is 0.288 e. The molecule has 0 unspecified atom stereocenters. The van der Waals surface area contributed by atoms with Crippen LogP contribution in [0.15, 0.2) is 12.1 Å². The molecule has 0 aliphatic heterocycles. The highest BCUT2D eigenvalue weighted by atomic mass is 35.5. The molecule has 104 valence electrons. The number of halogens is 1. The Morgan fingerprint density at radius 3 is 2.74 bits per heavy atom. The van der Waals surface area contributed by atoms with E-state index >= 15 is 0 Å². The van der Waals surface area contributed by atoms with Gasteiger partial charge in [-0.1, -0.05) is 24.4 Å². The van der Waals surface area contributed by atoms with Crippen LogP contribution in [0.5, 0.6) is 0 Å². The molecule has 1 aromatic carbocycles. The third-order valence-electron chi connectivity index (χ3n) is 3.65. The van der Waals surface area contributed by atoms with E-state index in [4.69, 9.17) is 17.3 Å². The minimum Gasteiger partial charge on any atom is -0.380 e. The molecular weight excluding hydrogens is 266 g/mol. The Balaban J connectivity index is 2.21. The van der Waals surface area contributed by atoms with Gasteiger partial charge in [-0.15, -0.1) is 0 Å². The Hall–Kier alpha value is -1.33. The maximum absolute atomic E-state index is 10.8. The summed E-state index contributed by atoms with van der Waals surface area (Å²) in [4.78, 5) is 10.3. The van der Waals surface area contributed by atoms with E-state index < -0.39 is 4.92 Å². The molecule has 5 nitrogen and oxygen atoms in total. The third kappa shape index (κ3) is 3.16. The molecule has 1 aliphatic carbocycles. The summed E-state index contributed by atoms with van der Waals surface area (Å²) in [6, 6.07) is 3.46. The van der Waals surface area contributed by atoms with Crippen LogP contribution in [0.25, 0.3) is 0 Å². The van der Waals surface area contributed by atoms with Gasteiger partial charge < -0.3 is 11.1 Å². The average Bonchev–Trinajstić information content (AvgIpc) is 2.35. The van der Waals surface area contributed by atoms with E-state index in [1.807, 2.05) is 6.92 Å². The Bertz CT molecular complexity index is 493. The van der Waals surface area contributed by atoms with Gasteiger partial charge in [0.15, 0.2) is 0 Å². The minimum absolute atomic E-state index is 0.0577. The van der Waals surface area contributed by atoms with Gasteiger partial charge in [-0.2, -0.15) is 0 Å². The average molecular weight is 284 g/mol. The van der Waals surface area contributed by atoms with Crippen LogP contribution in [0.3, 0.4) is 0 Å². The first kappa shape index (κ1) is 14.1. The summed E-state index contributed by atoms with van der Waals surface area (Å²) in [6.45, 7) is 1.83. The van der Waals surface area contributed by atoms with Crippen molar-refractivity contribution in [2.75, 3.05) is 5.32 Å². The zero-order chi connectivity index (χ0) is 14.0. The molecule has 2 atom stereocenters. The molecule has 0 bridgehead atoms. The lowest BCUT2D eigenvalue weighted by atomic mass is 9.90. The Labute approximate surface area is 117 Å². The van der Waals surface area contributed by atoms with Crippen molar-refractivity contribution in [3.05, 3.63) is 32.8 Å². The van der Waals surface area contributed by atoms with Crippen LogP contribution in [0.1, 0.15) is 31.2 Å². The standard InChI is InChI=1S/C13H18ClN3O2/c1-8-6-13(17(18)19)9(14)7-12(8)16-11-5-3-2-4-10(11)15/h6-7,10-11,16H,2-5,15H2,1H3/t10-,11-/m1/s1. The number of anilines is 1. The van der Waals surface area contributed by atoms with Crippen LogP contribution in [-0.2, 0) is 0 Å². The van der Waals surface area contributed by atoms with E-state index in [9.17, 15) is 10.1 Å². The van der Waals surface area contributed by atoms with Gasteiger partial charge >= 0.3 is 0 Å². The summed E-state index contributed by atoms with van der Waals surface area (Å²) in [5.74, 6) is 0. The number of nitrogens with zero attached hydrogens (tertiary/aromatic N) is 1. The highest BCUT2D eigenvalue weighted by Crippen LogP contribution is 2.32. The molecule has 1 aromatic rings. The number of aryl methyl sites for hydroxylation is 1. The molecule has 2 rings (SSSR count). The lowest BCUT2D eigenvalue weighted by molar-refractivity contribution is -0.384. The van der Waals surface area contributed by atoms with Gasteiger partial charge in [0.25, 0.3) is 5.69 Å². The highest BCUT2D eigenvalue weighted by molar-refractivity contribution is 6.33. The first-order chi connectivity index (χ1) is 8.99. The quantitative estimate of drug-likeness (QED) is 0.659. The predicted molar refractivity (Wildman–Crippen MR) is 76.7 cm³/mol. The second-order valence-corrected chi connectivity index (χ2v) is 5.48. The van der Waals surface area contributed by atoms with E-state index in [0.29, 0.717) is 0 Å². The van der Waals surface area contributed by atoms with Crippen LogP contribution in [0.2, 0.25) is 5.02 Å². The fraction of sp³-hybridized carbons (Fsp3) is 0.538. The molecule has 0 saturated heterocycles. The van der Waals surface area contributed by atoms with Crippen molar-refractivity contribution in [3.8, 4) is 0 Å². The first-order valence-electron chi connectivity index (χ1n) is 6.45. The molecule has 0 heterocycles. The van der Waals surface area contributed by atoms with Gasteiger partial charge in [-0.25, -0.2) is 0 Å². The topological polar surface area (TPSA) is 81.2 Å². The number of nitrogens with one attached hydrogen (secondary N) is 1. The summed E-state index contributed by atoms with van der Waals surface area (Å²) in [7, 11) is 0. The van der Waals surface area contributed by atoms with E-state index in [0.717, 1.165) is 30.5 Å². The van der Waals surface area contributed by atoms with Crippen molar-refractivity contribution in [2.45, 2.75) is 44.7 Å². The van der Waals surface area contributed by atoms with E-state index in [1.165, 1.54) is 12.5 Å². The van der Waals surface area contributed by atoms with Crippen molar-refractivity contribution in [3.63, 3.8) is 0 Å². The first-order valence-corrected chi connectivity index (χ1v) is 6.83. The molecule has 19 heavy (non-hydrogen) atoms. The van der Waals surface area contributed by atoms with Crippen LogP contribution in [-0.4, -0.2) is 17.0 Å². The Kier molecular flexibility index (Phi) is 4.27. The SMILES string of the molecule is Cc1cc([N+](=O)[O-])c(Cl)cc1N[C@@H]1CCCC[C@H]1N. The van der Waals surface area contributed by atoms with Gasteiger partial charge in [-0.05, 0) is 31.4 Å².